The number of carbonyl (C=O) groups is 1. The number of nitrogens with zero attached hydrogens (tertiary/aromatic N) is 9. The Bertz CT molecular complexity index is 1660. The summed E-state index contributed by atoms with van der Waals surface area (Å²) in [7, 11) is 0. The van der Waals surface area contributed by atoms with Gasteiger partial charge in [0.2, 0.25) is 0 Å². The van der Waals surface area contributed by atoms with Crippen molar-refractivity contribution in [3.8, 4) is 17.3 Å². The molecule has 1 aliphatic carbocycles. The van der Waals surface area contributed by atoms with Gasteiger partial charge in [-0.25, -0.2) is 29.9 Å². The van der Waals surface area contributed by atoms with Crippen molar-refractivity contribution in [2.24, 2.45) is 9.98 Å². The normalized spacial score (nSPS) is 14.6. The molecule has 0 amide bonds. The van der Waals surface area contributed by atoms with Crippen LogP contribution in [0.4, 0.5) is 0 Å². The van der Waals surface area contributed by atoms with Crippen molar-refractivity contribution in [3.63, 3.8) is 0 Å². The maximum absolute atomic E-state index is 10.2. The Morgan fingerprint density at radius 1 is 0.800 bits per heavy atom. The number of aromatic nitrogens is 6. The minimum Gasteiger partial charge on any atom is -0.298 e. The van der Waals surface area contributed by atoms with Gasteiger partial charge in [0.25, 0.3) is 0 Å². The van der Waals surface area contributed by atoms with Crippen LogP contribution in [-0.4, -0.2) is 48.6 Å². The first kappa shape index (κ1) is 27.4. The van der Waals surface area contributed by atoms with Gasteiger partial charge < -0.3 is 0 Å². The van der Waals surface area contributed by atoms with Crippen molar-refractivity contribution >= 4 is 53.5 Å². The number of hydrogen-bond donors (Lipinski definition) is 0. The van der Waals surface area contributed by atoms with Crippen LogP contribution in [0.15, 0.2) is 53.2 Å². The van der Waals surface area contributed by atoms with Crippen molar-refractivity contribution < 1.29 is 4.79 Å². The van der Waals surface area contributed by atoms with E-state index in [0.717, 1.165) is 52.2 Å². The molecule has 0 spiro atoms. The van der Waals surface area contributed by atoms with E-state index in [-0.39, 0.29) is 21.3 Å². The summed E-state index contributed by atoms with van der Waals surface area (Å²) >= 11 is 16.7. The molecule has 2 aliphatic heterocycles. The van der Waals surface area contributed by atoms with Gasteiger partial charge in [-0.15, -0.1) is 0 Å². The van der Waals surface area contributed by atoms with E-state index in [0.29, 0.717) is 24.5 Å². The number of aliphatic imine (C=N–C) groups is 2. The van der Waals surface area contributed by atoms with E-state index < -0.39 is 0 Å². The van der Waals surface area contributed by atoms with Crippen LogP contribution in [0.5, 0.6) is 0 Å². The monoisotopic (exact) mass is 589 g/mol. The smallest absolute Gasteiger partial charge is 0.156 e. The SMILES string of the molecule is Clc1ncnc2c1C=NC2.N#CC1(c2cccc(-c3ncnc4c3C=NC4)c2)CC1.O=Cc1c(Cl)ncnc1Cl. The molecule has 0 bridgehead atoms. The highest BCUT2D eigenvalue weighted by atomic mass is 35.5. The van der Waals surface area contributed by atoms with Gasteiger partial charge in [0.05, 0.1) is 52.8 Å². The maximum atomic E-state index is 10.2. The Labute approximate surface area is 243 Å². The van der Waals surface area contributed by atoms with Crippen LogP contribution in [0.2, 0.25) is 15.5 Å². The van der Waals surface area contributed by atoms with Crippen LogP contribution < -0.4 is 0 Å². The predicted octanol–water partition coefficient (Wildman–Crippen LogP) is 5.29. The van der Waals surface area contributed by atoms with Gasteiger partial charge in [-0.1, -0.05) is 53.0 Å². The minimum absolute atomic E-state index is 0.0787. The second-order valence-corrected chi connectivity index (χ2v) is 9.88. The number of benzene rings is 1. The summed E-state index contributed by atoms with van der Waals surface area (Å²) in [5, 5.41) is 9.98. The summed E-state index contributed by atoms with van der Waals surface area (Å²) in [5.41, 5.74) is 6.67. The van der Waals surface area contributed by atoms with Crippen molar-refractivity contribution in [2.45, 2.75) is 31.3 Å². The quantitative estimate of drug-likeness (QED) is 0.231. The highest BCUT2D eigenvalue weighted by Gasteiger charge is 2.44. The fourth-order valence-corrected chi connectivity index (χ4v) is 4.64. The Balaban J connectivity index is 0.000000136. The zero-order chi connectivity index (χ0) is 28.1. The molecule has 0 saturated heterocycles. The van der Waals surface area contributed by atoms with Gasteiger partial charge >= 0.3 is 0 Å². The van der Waals surface area contributed by atoms with E-state index in [2.05, 4.69) is 52.0 Å². The molecule has 7 rings (SSSR count). The molecule has 3 aromatic heterocycles. The van der Waals surface area contributed by atoms with E-state index in [9.17, 15) is 10.1 Å². The van der Waals surface area contributed by atoms with Crippen LogP contribution in [0.3, 0.4) is 0 Å². The molecule has 198 valence electrons. The number of rotatable bonds is 3. The van der Waals surface area contributed by atoms with Crippen LogP contribution in [0.25, 0.3) is 11.3 Å². The van der Waals surface area contributed by atoms with Crippen LogP contribution in [0, 0.1) is 11.3 Å². The van der Waals surface area contributed by atoms with E-state index in [1.165, 1.54) is 12.7 Å². The van der Waals surface area contributed by atoms with Crippen LogP contribution in [-0.2, 0) is 18.5 Å². The highest BCUT2D eigenvalue weighted by molar-refractivity contribution is 6.36. The molecule has 0 unspecified atom stereocenters. The second kappa shape index (κ2) is 11.9. The Morgan fingerprint density at radius 3 is 2.00 bits per heavy atom. The maximum Gasteiger partial charge on any atom is 0.156 e. The molecule has 5 heterocycles. The highest BCUT2D eigenvalue weighted by Crippen LogP contribution is 2.48. The molecule has 0 atom stereocenters. The zero-order valence-corrected chi connectivity index (χ0v) is 22.9. The molecule has 1 saturated carbocycles. The van der Waals surface area contributed by atoms with Gasteiger partial charge in [-0.05, 0) is 24.5 Å². The standard InChI is InChI=1S/C16H12N4.C6H4ClN3.C5H2Cl2N2O/c17-9-16(4-5-16)12-3-1-2-11(6-12)15-13-7-18-8-14(13)19-10-20-15;7-6-4-1-8-2-5(4)9-3-10-6;6-4-3(1-10)5(7)9-2-8-4/h1-3,6-7,10H,4-5,8H2;1,3H,2H2;1-2H. The lowest BCUT2D eigenvalue weighted by atomic mass is 9.94. The molecule has 13 heteroatoms. The van der Waals surface area contributed by atoms with E-state index >= 15 is 0 Å². The average molecular weight is 591 g/mol. The Morgan fingerprint density at radius 2 is 1.40 bits per heavy atom. The molecular formula is C27H18Cl3N9O. The summed E-state index contributed by atoms with van der Waals surface area (Å²) in [5.74, 6) is 0. The third kappa shape index (κ3) is 5.72. The van der Waals surface area contributed by atoms with E-state index in [1.807, 2.05) is 24.4 Å². The lowest BCUT2D eigenvalue weighted by molar-refractivity contribution is 0.112. The van der Waals surface area contributed by atoms with Gasteiger partial charge in [0.15, 0.2) is 6.29 Å². The fraction of sp³-hybridized carbons (Fsp3) is 0.185. The predicted molar refractivity (Wildman–Crippen MR) is 151 cm³/mol. The van der Waals surface area contributed by atoms with Gasteiger partial charge in [0.1, 0.15) is 34.4 Å². The lowest BCUT2D eigenvalue weighted by Gasteiger charge is -2.10. The Hall–Kier alpha value is -4.17. The van der Waals surface area contributed by atoms with Crippen molar-refractivity contribution in [1.29, 1.82) is 5.26 Å². The largest absolute Gasteiger partial charge is 0.298 e. The molecule has 1 fully saturated rings. The second-order valence-electron chi connectivity index (χ2n) is 8.81. The number of halogens is 3. The third-order valence-electron chi connectivity index (χ3n) is 6.36. The van der Waals surface area contributed by atoms with Crippen molar-refractivity contribution in [2.75, 3.05) is 0 Å². The number of fused-ring (bicyclic) bond motifs is 2. The summed E-state index contributed by atoms with van der Waals surface area (Å²) < 4.78 is 0. The molecular weight excluding hydrogens is 573 g/mol. The van der Waals surface area contributed by atoms with Gasteiger partial charge in [0, 0.05) is 23.6 Å². The van der Waals surface area contributed by atoms with Gasteiger partial charge in [-0.3, -0.25) is 14.8 Å². The summed E-state index contributed by atoms with van der Waals surface area (Å²) in [6, 6.07) is 10.6. The fourth-order valence-electron chi connectivity index (χ4n) is 4.04. The molecule has 0 N–H and O–H groups in total. The number of carbonyl (C=O) groups excluding carboxylic acids is 1. The third-order valence-corrected chi connectivity index (χ3v) is 7.27. The molecule has 40 heavy (non-hydrogen) atoms. The first-order valence-electron chi connectivity index (χ1n) is 11.9. The molecule has 3 aliphatic rings. The topological polar surface area (TPSA) is 143 Å². The molecule has 4 aromatic rings. The van der Waals surface area contributed by atoms with Crippen molar-refractivity contribution in [3.05, 3.63) is 92.3 Å². The summed E-state index contributed by atoms with van der Waals surface area (Å²) in [6.07, 6.45) is 10.2. The first-order valence-corrected chi connectivity index (χ1v) is 13.1. The zero-order valence-electron chi connectivity index (χ0n) is 20.7. The van der Waals surface area contributed by atoms with Crippen LogP contribution >= 0.6 is 34.8 Å². The first-order chi connectivity index (χ1) is 19.5. The number of hydrogen-bond acceptors (Lipinski definition) is 10. The lowest BCUT2D eigenvalue weighted by Crippen LogP contribution is -2.03. The van der Waals surface area contributed by atoms with Gasteiger partial charge in [-0.2, -0.15) is 5.26 Å². The number of aldehydes is 1. The average Bonchev–Trinajstić information content (AvgIpc) is 3.36. The number of nitriles is 1. The van der Waals surface area contributed by atoms with E-state index in [1.54, 1.807) is 12.5 Å². The molecule has 0 radical (unpaired) electrons. The van der Waals surface area contributed by atoms with Crippen LogP contribution in [0.1, 0.15) is 51.3 Å². The summed E-state index contributed by atoms with van der Waals surface area (Å²) in [6.45, 7) is 1.27. The Kier molecular flexibility index (Phi) is 8.16. The van der Waals surface area contributed by atoms with Crippen molar-refractivity contribution in [1.82, 2.24) is 29.9 Å². The molecule has 10 nitrogen and oxygen atoms in total. The van der Waals surface area contributed by atoms with E-state index in [4.69, 9.17) is 34.8 Å². The molecule has 1 aromatic carbocycles. The summed E-state index contributed by atoms with van der Waals surface area (Å²) in [4.78, 5) is 42.0. The minimum atomic E-state index is -0.264.